The van der Waals surface area contributed by atoms with Gasteiger partial charge in [-0.15, -0.1) is 0 Å². The maximum absolute atomic E-state index is 12.5. The summed E-state index contributed by atoms with van der Waals surface area (Å²) in [5, 5.41) is 3.69. The molecule has 0 radical (unpaired) electrons. The van der Waals surface area contributed by atoms with E-state index < -0.39 is 0 Å². The quantitative estimate of drug-likeness (QED) is 0.735. The summed E-state index contributed by atoms with van der Waals surface area (Å²) in [5.74, 6) is -0.0548. The Bertz CT molecular complexity index is 919. The van der Waals surface area contributed by atoms with Gasteiger partial charge >= 0.3 is 0 Å². The van der Waals surface area contributed by atoms with E-state index in [1.54, 1.807) is 18.7 Å². The third kappa shape index (κ3) is 4.02. The molecule has 4 rings (SSSR count). The zero-order valence-corrected chi connectivity index (χ0v) is 15.4. The summed E-state index contributed by atoms with van der Waals surface area (Å²) in [6.07, 6.45) is 6.01. The molecule has 3 aromatic rings. The minimum Gasteiger partial charge on any atom is -0.379 e. The number of imidazole rings is 1. The van der Waals surface area contributed by atoms with Gasteiger partial charge in [-0.05, 0) is 30.7 Å². The van der Waals surface area contributed by atoms with Gasteiger partial charge < -0.3 is 14.6 Å². The summed E-state index contributed by atoms with van der Waals surface area (Å²) in [6, 6.07) is 11.4. The van der Waals surface area contributed by atoms with E-state index >= 15 is 0 Å². The van der Waals surface area contributed by atoms with Gasteiger partial charge in [0.15, 0.2) is 0 Å². The molecule has 3 heterocycles. The molecular weight excluding hydrogens is 364 g/mol. The fourth-order valence-corrected chi connectivity index (χ4v) is 3.34. The van der Waals surface area contributed by atoms with Gasteiger partial charge in [0.25, 0.3) is 0 Å². The molecule has 0 spiro atoms. The average Bonchev–Trinajstić information content (AvgIpc) is 3.33. The van der Waals surface area contributed by atoms with Crippen molar-refractivity contribution in [3.8, 4) is 22.5 Å². The highest BCUT2D eigenvalue weighted by atomic mass is 35.5. The predicted molar refractivity (Wildman–Crippen MR) is 103 cm³/mol. The van der Waals surface area contributed by atoms with Crippen LogP contribution in [0.4, 0.5) is 0 Å². The van der Waals surface area contributed by atoms with Crippen molar-refractivity contribution in [3.05, 3.63) is 60.1 Å². The molecule has 7 heteroatoms. The van der Waals surface area contributed by atoms with Crippen LogP contribution in [0, 0.1) is 0 Å². The van der Waals surface area contributed by atoms with Crippen LogP contribution in [0.2, 0.25) is 5.02 Å². The van der Waals surface area contributed by atoms with Crippen molar-refractivity contribution in [2.24, 2.45) is 0 Å². The predicted octanol–water partition coefficient (Wildman–Crippen LogP) is 3.17. The molecule has 6 nitrogen and oxygen atoms in total. The van der Waals surface area contributed by atoms with E-state index in [9.17, 15) is 4.79 Å². The summed E-state index contributed by atoms with van der Waals surface area (Å²) in [5.41, 5.74) is 3.56. The summed E-state index contributed by atoms with van der Waals surface area (Å²) < 4.78 is 7.19. The van der Waals surface area contributed by atoms with Gasteiger partial charge in [-0.25, -0.2) is 4.98 Å². The Kier molecular flexibility index (Phi) is 5.18. The van der Waals surface area contributed by atoms with Crippen molar-refractivity contribution in [1.29, 1.82) is 0 Å². The molecule has 27 heavy (non-hydrogen) atoms. The van der Waals surface area contributed by atoms with Crippen LogP contribution < -0.4 is 5.32 Å². The number of hydrogen-bond acceptors (Lipinski definition) is 4. The number of carbonyl (C=O) groups is 1. The highest BCUT2D eigenvalue weighted by Crippen LogP contribution is 2.31. The van der Waals surface area contributed by atoms with Crippen molar-refractivity contribution in [1.82, 2.24) is 19.9 Å². The van der Waals surface area contributed by atoms with Crippen molar-refractivity contribution in [2.45, 2.75) is 19.0 Å². The van der Waals surface area contributed by atoms with E-state index in [4.69, 9.17) is 16.3 Å². The first-order chi connectivity index (χ1) is 13.2. The molecule has 1 N–H and O–H groups in total. The molecule has 1 saturated heterocycles. The average molecular weight is 383 g/mol. The van der Waals surface area contributed by atoms with Crippen LogP contribution in [0.25, 0.3) is 22.5 Å². The number of amides is 1. The normalized spacial score (nSPS) is 16.4. The van der Waals surface area contributed by atoms with E-state index in [0.29, 0.717) is 18.2 Å². The third-order valence-corrected chi connectivity index (χ3v) is 4.77. The molecule has 1 fully saturated rings. The lowest BCUT2D eigenvalue weighted by Gasteiger charge is -2.13. The first-order valence-electron chi connectivity index (χ1n) is 8.79. The Labute approximate surface area is 162 Å². The number of benzene rings is 1. The first-order valence-corrected chi connectivity index (χ1v) is 9.17. The summed E-state index contributed by atoms with van der Waals surface area (Å²) in [6.45, 7) is 1.46. The lowest BCUT2D eigenvalue weighted by molar-refractivity contribution is -0.122. The fraction of sp³-hybridized carbons (Fsp3) is 0.250. The van der Waals surface area contributed by atoms with Crippen LogP contribution in [0.5, 0.6) is 0 Å². The third-order valence-electron chi connectivity index (χ3n) is 4.52. The number of carbonyl (C=O) groups excluding carboxylic acids is 1. The zero-order chi connectivity index (χ0) is 18.6. The van der Waals surface area contributed by atoms with Crippen LogP contribution >= 0.6 is 11.6 Å². The molecule has 1 aromatic carbocycles. The van der Waals surface area contributed by atoms with Crippen LogP contribution in [-0.2, 0) is 16.1 Å². The smallest absolute Gasteiger partial charge is 0.240 e. The van der Waals surface area contributed by atoms with Crippen molar-refractivity contribution in [3.63, 3.8) is 0 Å². The van der Waals surface area contributed by atoms with E-state index in [1.165, 1.54) is 0 Å². The first kappa shape index (κ1) is 17.7. The van der Waals surface area contributed by atoms with Crippen LogP contribution in [0.15, 0.2) is 55.1 Å². The van der Waals surface area contributed by atoms with Crippen molar-refractivity contribution < 1.29 is 9.53 Å². The minimum absolute atomic E-state index is 0.0548. The Morgan fingerprint density at radius 1 is 1.19 bits per heavy atom. The molecule has 138 valence electrons. The monoisotopic (exact) mass is 382 g/mol. The standard InChI is InChI=1S/C20H19ClN4O2/c21-16-3-1-14(2-4-16)19-20(15-5-8-22-9-6-15)25(13-23-19)11-18(26)24-17-7-10-27-12-17/h1-6,8-9,13,17H,7,10-12H2,(H,24,26)/t17-/m0/s1. The van der Waals surface area contributed by atoms with Gasteiger partial charge in [0.1, 0.15) is 6.54 Å². The molecule has 0 bridgehead atoms. The van der Waals surface area contributed by atoms with Crippen LogP contribution in [-0.4, -0.2) is 39.7 Å². The molecule has 0 unspecified atom stereocenters. The number of nitrogens with zero attached hydrogens (tertiary/aromatic N) is 3. The molecule has 1 amide bonds. The van der Waals surface area contributed by atoms with Gasteiger partial charge in [-0.1, -0.05) is 23.7 Å². The van der Waals surface area contributed by atoms with Gasteiger partial charge in [-0.2, -0.15) is 0 Å². The van der Waals surface area contributed by atoms with E-state index in [0.717, 1.165) is 28.9 Å². The number of nitrogens with one attached hydrogen (secondary N) is 1. The number of pyridine rings is 1. The minimum atomic E-state index is -0.0548. The Balaban J connectivity index is 1.67. The van der Waals surface area contributed by atoms with Gasteiger partial charge in [0, 0.05) is 35.2 Å². The fourth-order valence-electron chi connectivity index (χ4n) is 3.21. The molecule has 0 saturated carbocycles. The Morgan fingerprint density at radius 2 is 1.96 bits per heavy atom. The number of hydrogen-bond donors (Lipinski definition) is 1. The molecule has 1 atom stereocenters. The summed E-state index contributed by atoms with van der Waals surface area (Å²) in [7, 11) is 0. The van der Waals surface area contributed by atoms with Crippen LogP contribution in [0.3, 0.4) is 0 Å². The molecule has 0 aliphatic carbocycles. The van der Waals surface area contributed by atoms with Gasteiger partial charge in [0.2, 0.25) is 5.91 Å². The molecule has 1 aliphatic rings. The van der Waals surface area contributed by atoms with Crippen molar-refractivity contribution in [2.75, 3.05) is 13.2 Å². The van der Waals surface area contributed by atoms with Gasteiger partial charge in [-0.3, -0.25) is 9.78 Å². The maximum atomic E-state index is 12.5. The number of rotatable bonds is 5. The second kappa shape index (κ2) is 7.90. The Morgan fingerprint density at radius 3 is 2.67 bits per heavy atom. The summed E-state index contributed by atoms with van der Waals surface area (Å²) >= 11 is 6.01. The number of aromatic nitrogens is 3. The lowest BCUT2D eigenvalue weighted by atomic mass is 10.1. The van der Waals surface area contributed by atoms with Gasteiger partial charge in [0.05, 0.1) is 30.4 Å². The van der Waals surface area contributed by atoms with Crippen molar-refractivity contribution >= 4 is 17.5 Å². The highest BCUT2D eigenvalue weighted by Gasteiger charge is 2.20. The molecule has 1 aliphatic heterocycles. The second-order valence-corrected chi connectivity index (χ2v) is 6.88. The summed E-state index contributed by atoms with van der Waals surface area (Å²) in [4.78, 5) is 21.2. The van der Waals surface area contributed by atoms with E-state index in [1.807, 2.05) is 41.0 Å². The molecule has 2 aromatic heterocycles. The van der Waals surface area contributed by atoms with Crippen LogP contribution in [0.1, 0.15) is 6.42 Å². The Hall–Kier alpha value is -2.70. The SMILES string of the molecule is O=C(Cn1cnc(-c2ccc(Cl)cc2)c1-c1ccncc1)N[C@H]1CCOC1. The molecular formula is C20H19ClN4O2. The topological polar surface area (TPSA) is 69.0 Å². The number of ether oxygens (including phenoxy) is 1. The zero-order valence-electron chi connectivity index (χ0n) is 14.6. The second-order valence-electron chi connectivity index (χ2n) is 6.44. The highest BCUT2D eigenvalue weighted by molar-refractivity contribution is 6.30. The van der Waals surface area contributed by atoms with E-state index in [2.05, 4.69) is 15.3 Å². The largest absolute Gasteiger partial charge is 0.379 e. The number of halogens is 1. The van der Waals surface area contributed by atoms with E-state index in [-0.39, 0.29) is 18.5 Å². The maximum Gasteiger partial charge on any atom is 0.240 e. The lowest BCUT2D eigenvalue weighted by Crippen LogP contribution is -2.37.